The number of fused-ring (bicyclic) bond motifs is 1. The number of rotatable bonds is 4. The molecule has 1 atom stereocenters. The number of amides is 1. The van der Waals surface area contributed by atoms with Gasteiger partial charge in [-0.1, -0.05) is 24.3 Å². The van der Waals surface area contributed by atoms with Crippen LogP contribution < -0.4 is 5.32 Å². The second kappa shape index (κ2) is 5.98. The average molecular weight is 248 g/mol. The molecule has 1 aromatic rings. The molecule has 1 unspecified atom stereocenters. The van der Waals surface area contributed by atoms with Crippen LogP contribution in [0.1, 0.15) is 17.2 Å². The van der Waals surface area contributed by atoms with Crippen molar-refractivity contribution in [1.82, 2.24) is 10.2 Å². The first-order valence-electron chi connectivity index (χ1n) is 6.29. The Morgan fingerprint density at radius 2 is 2.28 bits per heavy atom. The third-order valence-electron chi connectivity index (χ3n) is 3.36. The first kappa shape index (κ1) is 13.1. The molecule has 1 amide bonds. The summed E-state index contributed by atoms with van der Waals surface area (Å²) < 4.78 is 5.01. The van der Waals surface area contributed by atoms with Gasteiger partial charge in [0.25, 0.3) is 0 Å². The highest BCUT2D eigenvalue weighted by molar-refractivity contribution is 5.83. The lowest BCUT2D eigenvalue weighted by molar-refractivity contribution is -0.133. The lowest BCUT2D eigenvalue weighted by atomic mass is 9.93. The molecule has 18 heavy (non-hydrogen) atoms. The molecule has 0 radical (unpaired) electrons. The molecule has 0 spiro atoms. The largest absolute Gasteiger partial charge is 0.383 e. The smallest absolute Gasteiger partial charge is 0.244 e. The Kier molecular flexibility index (Phi) is 4.33. The Morgan fingerprint density at radius 3 is 3.06 bits per heavy atom. The van der Waals surface area contributed by atoms with Gasteiger partial charge in [0.1, 0.15) is 6.04 Å². The van der Waals surface area contributed by atoms with Crippen LogP contribution in [0.25, 0.3) is 0 Å². The van der Waals surface area contributed by atoms with E-state index in [4.69, 9.17) is 4.74 Å². The molecule has 0 fully saturated rings. The van der Waals surface area contributed by atoms with Crippen LogP contribution in [0, 0.1) is 0 Å². The van der Waals surface area contributed by atoms with E-state index in [0.29, 0.717) is 13.2 Å². The molecule has 0 saturated heterocycles. The van der Waals surface area contributed by atoms with Crippen LogP contribution in [-0.2, 0) is 16.0 Å². The highest BCUT2D eigenvalue weighted by Gasteiger charge is 2.27. The molecule has 0 saturated carbocycles. The number of likely N-dealkylation sites (N-methyl/N-ethyl adjacent to an activating group) is 1. The van der Waals surface area contributed by atoms with E-state index >= 15 is 0 Å². The van der Waals surface area contributed by atoms with Crippen molar-refractivity contribution in [3.8, 4) is 0 Å². The van der Waals surface area contributed by atoms with Crippen molar-refractivity contribution in [3.05, 3.63) is 35.4 Å². The molecular formula is C14H20N2O2. The van der Waals surface area contributed by atoms with Crippen LogP contribution in [0.5, 0.6) is 0 Å². The topological polar surface area (TPSA) is 41.6 Å². The van der Waals surface area contributed by atoms with Crippen LogP contribution in [0.15, 0.2) is 24.3 Å². The first-order valence-corrected chi connectivity index (χ1v) is 6.29. The maximum absolute atomic E-state index is 12.4. The fourth-order valence-electron chi connectivity index (χ4n) is 2.28. The monoisotopic (exact) mass is 248 g/mol. The Bertz CT molecular complexity index is 420. The fourth-order valence-corrected chi connectivity index (χ4v) is 2.28. The standard InChI is InChI=1S/C14H20N2O2/c1-16(9-10-18-2)14(17)13-12-6-4-3-5-11(12)7-8-15-13/h3-6,13,15H,7-10H2,1-2H3. The lowest BCUT2D eigenvalue weighted by Gasteiger charge is -2.29. The Hall–Kier alpha value is -1.39. The molecule has 1 N–H and O–H groups in total. The fraction of sp³-hybridized carbons (Fsp3) is 0.500. The molecule has 1 aliphatic heterocycles. The third kappa shape index (κ3) is 2.71. The van der Waals surface area contributed by atoms with Gasteiger partial charge in [0, 0.05) is 27.2 Å². The molecule has 0 aromatic heterocycles. The van der Waals surface area contributed by atoms with Crippen molar-refractivity contribution in [2.45, 2.75) is 12.5 Å². The molecule has 0 aliphatic carbocycles. The highest BCUT2D eigenvalue weighted by atomic mass is 16.5. The van der Waals surface area contributed by atoms with Crippen LogP contribution in [0.3, 0.4) is 0 Å². The predicted octanol–water partition coefficient (Wildman–Crippen LogP) is 0.978. The minimum absolute atomic E-state index is 0.110. The summed E-state index contributed by atoms with van der Waals surface area (Å²) in [5.41, 5.74) is 2.38. The first-order chi connectivity index (χ1) is 8.74. The number of benzene rings is 1. The van der Waals surface area contributed by atoms with Crippen LogP contribution in [0.2, 0.25) is 0 Å². The van der Waals surface area contributed by atoms with E-state index in [2.05, 4.69) is 11.4 Å². The summed E-state index contributed by atoms with van der Waals surface area (Å²) in [5.74, 6) is 0.110. The maximum atomic E-state index is 12.4. The molecule has 1 aromatic carbocycles. The molecule has 4 nitrogen and oxygen atoms in total. The van der Waals surface area contributed by atoms with E-state index in [1.54, 1.807) is 12.0 Å². The van der Waals surface area contributed by atoms with Crippen molar-refractivity contribution in [2.75, 3.05) is 33.9 Å². The number of methoxy groups -OCH3 is 1. The number of nitrogens with zero attached hydrogens (tertiary/aromatic N) is 1. The Morgan fingerprint density at radius 1 is 1.50 bits per heavy atom. The minimum Gasteiger partial charge on any atom is -0.383 e. The van der Waals surface area contributed by atoms with Crippen molar-refractivity contribution in [1.29, 1.82) is 0 Å². The van der Waals surface area contributed by atoms with Gasteiger partial charge in [-0.25, -0.2) is 0 Å². The normalized spacial score (nSPS) is 18.2. The van der Waals surface area contributed by atoms with Crippen molar-refractivity contribution >= 4 is 5.91 Å². The van der Waals surface area contributed by atoms with E-state index in [0.717, 1.165) is 18.5 Å². The molecule has 2 rings (SSSR count). The summed E-state index contributed by atoms with van der Waals surface area (Å²) in [7, 11) is 3.47. The van der Waals surface area contributed by atoms with Gasteiger partial charge < -0.3 is 15.0 Å². The summed E-state index contributed by atoms with van der Waals surface area (Å²) >= 11 is 0. The van der Waals surface area contributed by atoms with Crippen molar-refractivity contribution in [3.63, 3.8) is 0 Å². The number of hydrogen-bond acceptors (Lipinski definition) is 3. The number of hydrogen-bond donors (Lipinski definition) is 1. The number of ether oxygens (including phenoxy) is 1. The molecule has 1 heterocycles. The molecule has 4 heteroatoms. The number of carbonyl (C=O) groups excluding carboxylic acids is 1. The molecule has 0 bridgehead atoms. The van der Waals surface area contributed by atoms with Gasteiger partial charge >= 0.3 is 0 Å². The van der Waals surface area contributed by atoms with E-state index in [9.17, 15) is 4.79 Å². The lowest BCUT2D eigenvalue weighted by Crippen LogP contribution is -2.43. The van der Waals surface area contributed by atoms with E-state index in [1.165, 1.54) is 5.56 Å². The van der Waals surface area contributed by atoms with E-state index in [1.807, 2.05) is 25.2 Å². The SMILES string of the molecule is COCCN(C)C(=O)C1NCCc2ccccc21. The summed E-state index contributed by atoms with van der Waals surface area (Å²) in [6, 6.07) is 7.94. The summed E-state index contributed by atoms with van der Waals surface area (Å²) in [6.45, 7) is 2.04. The van der Waals surface area contributed by atoms with Gasteiger partial charge in [0.15, 0.2) is 0 Å². The Labute approximate surface area is 108 Å². The van der Waals surface area contributed by atoms with E-state index in [-0.39, 0.29) is 11.9 Å². The average Bonchev–Trinajstić information content (AvgIpc) is 2.43. The minimum atomic E-state index is -0.211. The molecule has 98 valence electrons. The maximum Gasteiger partial charge on any atom is 0.244 e. The van der Waals surface area contributed by atoms with Crippen molar-refractivity contribution in [2.24, 2.45) is 0 Å². The van der Waals surface area contributed by atoms with Crippen LogP contribution in [-0.4, -0.2) is 44.7 Å². The summed E-state index contributed by atoms with van der Waals surface area (Å²) in [4.78, 5) is 14.1. The zero-order valence-electron chi connectivity index (χ0n) is 11.0. The van der Waals surface area contributed by atoms with E-state index < -0.39 is 0 Å². The Balaban J connectivity index is 2.12. The predicted molar refractivity (Wildman–Crippen MR) is 70.4 cm³/mol. The van der Waals surface area contributed by atoms with Crippen LogP contribution >= 0.6 is 0 Å². The van der Waals surface area contributed by atoms with Gasteiger partial charge in [0.05, 0.1) is 6.61 Å². The van der Waals surface area contributed by atoms with Gasteiger partial charge in [-0.2, -0.15) is 0 Å². The zero-order valence-corrected chi connectivity index (χ0v) is 11.0. The quantitative estimate of drug-likeness (QED) is 0.863. The second-order valence-electron chi connectivity index (χ2n) is 4.59. The summed E-state index contributed by atoms with van der Waals surface area (Å²) in [5, 5.41) is 3.30. The van der Waals surface area contributed by atoms with Crippen LogP contribution in [0.4, 0.5) is 0 Å². The number of carbonyl (C=O) groups is 1. The van der Waals surface area contributed by atoms with Crippen molar-refractivity contribution < 1.29 is 9.53 Å². The summed E-state index contributed by atoms with van der Waals surface area (Å²) in [6.07, 6.45) is 0.988. The highest BCUT2D eigenvalue weighted by Crippen LogP contribution is 2.23. The molecular weight excluding hydrogens is 228 g/mol. The second-order valence-corrected chi connectivity index (χ2v) is 4.59. The van der Waals surface area contributed by atoms with Gasteiger partial charge in [-0.3, -0.25) is 4.79 Å². The van der Waals surface area contributed by atoms with Gasteiger partial charge in [0.2, 0.25) is 5.91 Å². The number of nitrogens with one attached hydrogen (secondary N) is 1. The molecule has 1 aliphatic rings. The zero-order chi connectivity index (χ0) is 13.0. The third-order valence-corrected chi connectivity index (χ3v) is 3.36. The van der Waals surface area contributed by atoms with Gasteiger partial charge in [-0.15, -0.1) is 0 Å². The van der Waals surface area contributed by atoms with Gasteiger partial charge in [-0.05, 0) is 17.5 Å².